The first-order valence-corrected chi connectivity index (χ1v) is 10.0. The summed E-state index contributed by atoms with van der Waals surface area (Å²) in [6.45, 7) is 6.14. The van der Waals surface area contributed by atoms with Crippen LogP contribution in [-0.4, -0.2) is 40.6 Å². The molecular formula is C19H24F2N4O4S. The summed E-state index contributed by atoms with van der Waals surface area (Å²) in [7, 11) is 0. The Morgan fingerprint density at radius 3 is 2.50 bits per heavy atom. The van der Waals surface area contributed by atoms with Crippen LogP contribution in [0.3, 0.4) is 0 Å². The molecule has 164 valence electrons. The van der Waals surface area contributed by atoms with E-state index in [4.69, 9.17) is 4.74 Å². The minimum atomic E-state index is -1.39. The van der Waals surface area contributed by atoms with Crippen molar-refractivity contribution in [3.63, 3.8) is 0 Å². The van der Waals surface area contributed by atoms with E-state index in [0.717, 1.165) is 18.7 Å². The van der Waals surface area contributed by atoms with Crippen LogP contribution in [0.1, 0.15) is 41.8 Å². The van der Waals surface area contributed by atoms with Crippen molar-refractivity contribution in [2.45, 2.75) is 39.8 Å². The molecule has 8 nitrogen and oxygen atoms in total. The van der Waals surface area contributed by atoms with Gasteiger partial charge in [0, 0.05) is 12.6 Å². The lowest BCUT2D eigenvalue weighted by Crippen LogP contribution is -2.32. The Balaban J connectivity index is 2.00. The molecule has 0 atom stereocenters. The van der Waals surface area contributed by atoms with Crippen molar-refractivity contribution in [2.24, 2.45) is 0 Å². The number of hydrogen-bond acceptors (Lipinski definition) is 6. The molecule has 0 aliphatic heterocycles. The van der Waals surface area contributed by atoms with Crippen LogP contribution in [0.5, 0.6) is 5.88 Å². The average molecular weight is 442 g/mol. The monoisotopic (exact) mass is 442 g/mol. The van der Waals surface area contributed by atoms with E-state index >= 15 is 0 Å². The van der Waals surface area contributed by atoms with E-state index in [1.807, 2.05) is 13.8 Å². The number of carboxylic acids is 1. The highest BCUT2D eigenvalue weighted by Crippen LogP contribution is 2.31. The number of benzene rings is 1. The van der Waals surface area contributed by atoms with Gasteiger partial charge in [-0.3, -0.25) is 5.32 Å². The zero-order valence-electron chi connectivity index (χ0n) is 16.8. The Morgan fingerprint density at radius 1 is 1.23 bits per heavy atom. The Hall–Kier alpha value is -2.79. The number of aryl methyl sites for hydroxylation is 1. The molecule has 0 spiro atoms. The van der Waals surface area contributed by atoms with Crippen LogP contribution in [0, 0.1) is 18.6 Å². The Morgan fingerprint density at radius 2 is 1.90 bits per heavy atom. The molecule has 11 heteroatoms. The number of nitrogens with zero attached hydrogens (tertiary/aromatic N) is 1. The number of aromatic nitrogens is 1. The van der Waals surface area contributed by atoms with Gasteiger partial charge in [-0.2, -0.15) is 4.37 Å². The fourth-order valence-corrected chi connectivity index (χ4v) is 3.21. The highest BCUT2D eigenvalue weighted by molar-refractivity contribution is 7.11. The lowest BCUT2D eigenvalue weighted by Gasteiger charge is -2.10. The van der Waals surface area contributed by atoms with Gasteiger partial charge in [-0.15, -0.1) is 0 Å². The molecule has 2 rings (SSSR count). The molecule has 1 aromatic heterocycles. The van der Waals surface area contributed by atoms with Crippen molar-refractivity contribution >= 4 is 28.5 Å². The maximum atomic E-state index is 13.9. The standard InChI is InChI=1S/C19H24F2N4O4S/c1-10(2)22-5-4-6-23-19(28)24-17-15(18(26)27)16(25-30-17)29-9-12-13(20)7-11(3)8-14(12)21/h7-8,10,22H,4-6,9H2,1-3H3,(H,26,27)(H2,23,24,28). The van der Waals surface area contributed by atoms with E-state index in [1.165, 1.54) is 0 Å². The second kappa shape index (κ2) is 10.8. The summed E-state index contributed by atoms with van der Waals surface area (Å²) in [6, 6.07) is 2.05. The number of carbonyl (C=O) groups is 2. The first-order chi connectivity index (χ1) is 14.2. The predicted octanol–water partition coefficient (Wildman–Crippen LogP) is 3.52. The zero-order chi connectivity index (χ0) is 22.3. The van der Waals surface area contributed by atoms with Crippen LogP contribution in [0.2, 0.25) is 0 Å². The van der Waals surface area contributed by atoms with Crippen molar-refractivity contribution in [3.8, 4) is 5.88 Å². The van der Waals surface area contributed by atoms with E-state index in [0.29, 0.717) is 36.1 Å². The molecule has 2 aromatic rings. The summed E-state index contributed by atoms with van der Waals surface area (Å²) in [5.41, 5.74) is -0.317. The second-order valence-corrected chi connectivity index (χ2v) is 7.61. The SMILES string of the molecule is Cc1cc(F)c(COc2nsc(NC(=O)NCCCNC(C)C)c2C(=O)O)c(F)c1. The van der Waals surface area contributed by atoms with Crippen LogP contribution in [-0.2, 0) is 6.61 Å². The number of rotatable bonds is 10. The third kappa shape index (κ3) is 6.63. The number of urea groups is 1. The lowest BCUT2D eigenvalue weighted by atomic mass is 10.1. The molecule has 4 N–H and O–H groups in total. The number of hydrogen-bond donors (Lipinski definition) is 4. The molecule has 0 saturated carbocycles. The molecule has 0 bridgehead atoms. The normalized spacial score (nSPS) is 10.9. The number of nitrogens with one attached hydrogen (secondary N) is 3. The number of ether oxygens (including phenoxy) is 1. The minimum absolute atomic E-state index is 0.0415. The van der Waals surface area contributed by atoms with Crippen molar-refractivity contribution in [2.75, 3.05) is 18.4 Å². The summed E-state index contributed by atoms with van der Waals surface area (Å²) in [4.78, 5) is 23.6. The van der Waals surface area contributed by atoms with Crippen LogP contribution in [0.15, 0.2) is 12.1 Å². The largest absolute Gasteiger partial charge is 0.477 e. The van der Waals surface area contributed by atoms with Gasteiger partial charge in [0.25, 0.3) is 0 Å². The summed E-state index contributed by atoms with van der Waals surface area (Å²) in [5.74, 6) is -3.32. The lowest BCUT2D eigenvalue weighted by molar-refractivity contribution is 0.0693. The summed E-state index contributed by atoms with van der Waals surface area (Å²) in [6.07, 6.45) is 0.697. The molecule has 0 fully saturated rings. The van der Waals surface area contributed by atoms with E-state index in [1.54, 1.807) is 6.92 Å². The van der Waals surface area contributed by atoms with Gasteiger partial charge < -0.3 is 20.5 Å². The average Bonchev–Trinajstić information content (AvgIpc) is 3.02. The molecule has 0 saturated heterocycles. The minimum Gasteiger partial charge on any atom is -0.477 e. The number of halogens is 2. The third-order valence-electron chi connectivity index (χ3n) is 3.93. The van der Waals surface area contributed by atoms with Crippen LogP contribution in [0.4, 0.5) is 18.6 Å². The Kier molecular flexibility index (Phi) is 8.48. The fourth-order valence-electron chi connectivity index (χ4n) is 2.48. The molecule has 0 unspecified atom stereocenters. The summed E-state index contributed by atoms with van der Waals surface area (Å²) < 4.78 is 37.0. The van der Waals surface area contributed by atoms with Crippen molar-refractivity contribution in [3.05, 3.63) is 40.5 Å². The van der Waals surface area contributed by atoms with Gasteiger partial charge in [0.15, 0.2) is 5.56 Å². The fraction of sp³-hybridized carbons (Fsp3) is 0.421. The summed E-state index contributed by atoms with van der Waals surface area (Å²) >= 11 is 0.699. The van der Waals surface area contributed by atoms with Gasteiger partial charge in [-0.25, -0.2) is 18.4 Å². The van der Waals surface area contributed by atoms with Crippen molar-refractivity contribution < 1.29 is 28.2 Å². The summed E-state index contributed by atoms with van der Waals surface area (Å²) in [5, 5.41) is 17.6. The molecule has 0 aliphatic carbocycles. The highest BCUT2D eigenvalue weighted by atomic mass is 32.1. The molecular weight excluding hydrogens is 418 g/mol. The van der Waals surface area contributed by atoms with Gasteiger partial charge in [0.1, 0.15) is 23.2 Å². The maximum Gasteiger partial charge on any atom is 0.344 e. The van der Waals surface area contributed by atoms with Crippen LogP contribution < -0.4 is 20.7 Å². The zero-order valence-corrected chi connectivity index (χ0v) is 17.7. The van der Waals surface area contributed by atoms with E-state index in [2.05, 4.69) is 20.3 Å². The van der Waals surface area contributed by atoms with Crippen LogP contribution in [0.25, 0.3) is 0 Å². The Labute approximate surface area is 176 Å². The Bertz CT molecular complexity index is 882. The quantitative estimate of drug-likeness (QED) is 0.419. The second-order valence-electron chi connectivity index (χ2n) is 6.84. The highest BCUT2D eigenvalue weighted by Gasteiger charge is 2.24. The van der Waals surface area contributed by atoms with Gasteiger partial charge in [-0.1, -0.05) is 13.8 Å². The molecule has 0 aliphatic rings. The van der Waals surface area contributed by atoms with Crippen molar-refractivity contribution in [1.29, 1.82) is 0 Å². The van der Waals surface area contributed by atoms with Gasteiger partial charge in [-0.05, 0) is 49.1 Å². The number of carbonyl (C=O) groups excluding carboxylic acids is 1. The molecule has 1 heterocycles. The first kappa shape index (κ1) is 23.5. The molecule has 0 radical (unpaired) electrons. The van der Waals surface area contributed by atoms with Gasteiger partial charge >= 0.3 is 12.0 Å². The van der Waals surface area contributed by atoms with Gasteiger partial charge in [0.2, 0.25) is 5.88 Å². The number of aromatic carboxylic acids is 1. The van der Waals surface area contributed by atoms with E-state index in [-0.39, 0.29) is 22.0 Å². The van der Waals surface area contributed by atoms with E-state index in [9.17, 15) is 23.5 Å². The maximum absolute atomic E-state index is 13.9. The number of anilines is 1. The molecule has 30 heavy (non-hydrogen) atoms. The third-order valence-corrected chi connectivity index (χ3v) is 4.68. The topological polar surface area (TPSA) is 113 Å². The first-order valence-electron chi connectivity index (χ1n) is 9.27. The van der Waals surface area contributed by atoms with Gasteiger partial charge in [0.05, 0.1) is 5.56 Å². The number of carboxylic acid groups (broad SMARTS) is 1. The number of amides is 2. The predicted molar refractivity (Wildman–Crippen MR) is 109 cm³/mol. The molecule has 2 amide bonds. The van der Waals surface area contributed by atoms with Crippen LogP contribution >= 0.6 is 11.5 Å². The smallest absolute Gasteiger partial charge is 0.344 e. The molecule has 1 aromatic carbocycles. The van der Waals surface area contributed by atoms with E-state index < -0.39 is 30.2 Å². The van der Waals surface area contributed by atoms with Crippen molar-refractivity contribution in [1.82, 2.24) is 15.0 Å².